The molecule has 0 saturated carbocycles. The highest BCUT2D eigenvalue weighted by Crippen LogP contribution is 2.44. The first-order chi connectivity index (χ1) is 19.8. The molecule has 2 aromatic carbocycles. The molecule has 5 rings (SSSR count). The van der Waals surface area contributed by atoms with E-state index < -0.39 is 42.0 Å². The van der Waals surface area contributed by atoms with Crippen molar-refractivity contribution in [1.82, 2.24) is 26.2 Å². The van der Waals surface area contributed by atoms with Crippen LogP contribution in [0.3, 0.4) is 0 Å². The molecule has 0 spiro atoms. The van der Waals surface area contributed by atoms with E-state index in [0.29, 0.717) is 38.8 Å². The summed E-state index contributed by atoms with van der Waals surface area (Å²) in [4.78, 5) is 52.1. The Bertz CT molecular complexity index is 1270. The summed E-state index contributed by atoms with van der Waals surface area (Å²) in [5, 5.41) is 14.8. The van der Waals surface area contributed by atoms with Crippen molar-refractivity contribution < 1.29 is 29.0 Å². The number of benzene rings is 2. The topological polar surface area (TPSA) is 140 Å². The molecule has 2 aromatic rings. The normalized spacial score (nSPS) is 21.1. The van der Waals surface area contributed by atoms with Crippen molar-refractivity contribution in [3.05, 3.63) is 59.7 Å². The fraction of sp³-hybridized carbons (Fsp3) is 0.467. The number of carbonyl (C=O) groups excluding carboxylic acids is 3. The second-order valence-electron chi connectivity index (χ2n) is 11.1. The zero-order chi connectivity index (χ0) is 29.1. The number of hydrogen-bond acceptors (Lipinski definition) is 7. The van der Waals surface area contributed by atoms with E-state index in [0.717, 1.165) is 27.3 Å². The van der Waals surface area contributed by atoms with Crippen LogP contribution in [0.2, 0.25) is 0 Å². The molecule has 3 atom stereocenters. The number of aliphatic carboxylic acids is 1. The van der Waals surface area contributed by atoms with Crippen molar-refractivity contribution in [2.45, 2.75) is 63.6 Å². The lowest BCUT2D eigenvalue weighted by molar-refractivity contribution is -0.164. The Balaban J connectivity index is 1.27. The average molecular weight is 564 g/mol. The van der Waals surface area contributed by atoms with E-state index in [2.05, 4.69) is 28.3 Å². The second-order valence-corrected chi connectivity index (χ2v) is 11.1. The number of carboxylic acid groups (broad SMARTS) is 1. The van der Waals surface area contributed by atoms with Crippen molar-refractivity contribution in [3.8, 4) is 11.1 Å². The van der Waals surface area contributed by atoms with Gasteiger partial charge in [-0.1, -0.05) is 62.4 Å². The number of amides is 3. The van der Waals surface area contributed by atoms with Gasteiger partial charge in [-0.25, -0.2) is 20.4 Å². The predicted molar refractivity (Wildman–Crippen MR) is 150 cm³/mol. The number of carboxylic acids is 1. The molecule has 0 aromatic heterocycles. The minimum atomic E-state index is -1.09. The zero-order valence-electron chi connectivity index (χ0n) is 23.3. The number of nitrogens with zero attached hydrogens (tertiary/aromatic N) is 2. The number of fused-ring (bicyclic) bond motifs is 3. The summed E-state index contributed by atoms with van der Waals surface area (Å²) in [6.45, 7) is 4.67. The molecular formula is C30H37N5O6. The lowest BCUT2D eigenvalue weighted by Crippen LogP contribution is -2.67. The van der Waals surface area contributed by atoms with Gasteiger partial charge in [-0.15, -0.1) is 0 Å². The number of hydrogen-bond donors (Lipinski definition) is 4. The summed E-state index contributed by atoms with van der Waals surface area (Å²) < 4.78 is 5.68. The number of ether oxygens (including phenoxy) is 1. The van der Waals surface area contributed by atoms with Crippen LogP contribution in [-0.4, -0.2) is 76.8 Å². The first-order valence-electron chi connectivity index (χ1n) is 14.3. The van der Waals surface area contributed by atoms with Gasteiger partial charge < -0.3 is 15.2 Å². The molecular weight excluding hydrogens is 526 g/mol. The molecule has 2 heterocycles. The van der Waals surface area contributed by atoms with E-state index in [1.54, 1.807) is 13.8 Å². The molecule has 3 aliphatic rings. The molecule has 11 heteroatoms. The molecule has 0 unspecified atom stereocenters. The maximum Gasteiger partial charge on any atom is 0.407 e. The number of rotatable bonds is 7. The highest BCUT2D eigenvalue weighted by atomic mass is 16.5. The van der Waals surface area contributed by atoms with Gasteiger partial charge in [-0.05, 0) is 53.9 Å². The van der Waals surface area contributed by atoms with Crippen LogP contribution >= 0.6 is 0 Å². The highest BCUT2D eigenvalue weighted by Gasteiger charge is 2.43. The molecule has 2 aliphatic heterocycles. The van der Waals surface area contributed by atoms with E-state index in [-0.39, 0.29) is 18.4 Å². The quantitative estimate of drug-likeness (QED) is 0.403. The highest BCUT2D eigenvalue weighted by molar-refractivity contribution is 5.93. The van der Waals surface area contributed by atoms with Crippen LogP contribution in [0.5, 0.6) is 0 Å². The molecule has 11 nitrogen and oxygen atoms in total. The lowest BCUT2D eigenvalue weighted by Gasteiger charge is -2.42. The first kappa shape index (κ1) is 28.6. The van der Waals surface area contributed by atoms with Gasteiger partial charge in [0.05, 0.1) is 0 Å². The Labute approximate surface area is 239 Å². The smallest absolute Gasteiger partial charge is 0.407 e. The lowest BCUT2D eigenvalue weighted by atomic mass is 9.98. The fourth-order valence-corrected chi connectivity index (χ4v) is 5.99. The van der Waals surface area contributed by atoms with Crippen LogP contribution in [0, 0.1) is 5.92 Å². The average Bonchev–Trinajstić information content (AvgIpc) is 3.31. The van der Waals surface area contributed by atoms with Gasteiger partial charge >= 0.3 is 12.1 Å². The van der Waals surface area contributed by atoms with Crippen LogP contribution in [0.4, 0.5) is 4.79 Å². The molecule has 4 N–H and O–H groups in total. The van der Waals surface area contributed by atoms with Gasteiger partial charge in [0.15, 0.2) is 0 Å². The van der Waals surface area contributed by atoms with Gasteiger partial charge in [0.25, 0.3) is 11.8 Å². The molecule has 1 aliphatic carbocycles. The van der Waals surface area contributed by atoms with E-state index in [4.69, 9.17) is 4.74 Å². The molecule has 3 amide bonds. The third-order valence-corrected chi connectivity index (χ3v) is 8.09. The Hall–Kier alpha value is -3.96. The van der Waals surface area contributed by atoms with Crippen molar-refractivity contribution in [2.75, 3.05) is 19.7 Å². The van der Waals surface area contributed by atoms with Gasteiger partial charge in [-0.2, -0.15) is 0 Å². The van der Waals surface area contributed by atoms with Crippen molar-refractivity contribution in [1.29, 1.82) is 0 Å². The number of hydrazine groups is 2. The fourth-order valence-electron chi connectivity index (χ4n) is 5.99. The van der Waals surface area contributed by atoms with Crippen molar-refractivity contribution >= 4 is 23.9 Å². The molecule has 0 radical (unpaired) electrons. The van der Waals surface area contributed by atoms with Crippen LogP contribution in [0.1, 0.15) is 56.6 Å². The summed E-state index contributed by atoms with van der Waals surface area (Å²) >= 11 is 0. The standard InChI is InChI=1S/C30H37N5O6/c1-18(2)26(28(37)34-24(13-7-15-31-34)27(36)35-25(29(38)39)14-8-16-32-35)33-30(40)41-17-23-21-11-5-3-9-19(21)20-10-4-6-12-22(20)23/h3-6,9-12,18,23-26,31-32H,7-8,13-17H2,1-2H3,(H,33,40)(H,38,39)/t24-,25+,26+/m0/s1. The summed E-state index contributed by atoms with van der Waals surface area (Å²) in [7, 11) is 0. The SMILES string of the molecule is CC(C)[C@@H](NC(=O)OCC1c2ccccc2-c2ccccc21)C(=O)N1NCCC[C@H]1C(=O)N1NCCC[C@@H]1C(=O)O. The minimum absolute atomic E-state index is 0.110. The second kappa shape index (κ2) is 12.3. The first-order valence-corrected chi connectivity index (χ1v) is 14.3. The van der Waals surface area contributed by atoms with E-state index in [1.807, 2.05) is 36.4 Å². The molecule has 218 valence electrons. The van der Waals surface area contributed by atoms with E-state index >= 15 is 0 Å². The van der Waals surface area contributed by atoms with E-state index in [9.17, 15) is 24.3 Å². The summed E-state index contributed by atoms with van der Waals surface area (Å²) in [5.74, 6) is -2.48. The summed E-state index contributed by atoms with van der Waals surface area (Å²) in [5.41, 5.74) is 10.3. The van der Waals surface area contributed by atoms with Crippen LogP contribution < -0.4 is 16.2 Å². The largest absolute Gasteiger partial charge is 0.480 e. The van der Waals surface area contributed by atoms with Gasteiger partial charge in [0.1, 0.15) is 24.7 Å². The monoisotopic (exact) mass is 563 g/mol. The molecule has 2 saturated heterocycles. The van der Waals surface area contributed by atoms with Gasteiger partial charge in [-0.3, -0.25) is 19.6 Å². The van der Waals surface area contributed by atoms with Gasteiger partial charge in [0, 0.05) is 19.0 Å². The Kier molecular flexibility index (Phi) is 8.55. The van der Waals surface area contributed by atoms with Crippen LogP contribution in [-0.2, 0) is 19.1 Å². The number of carbonyl (C=O) groups is 4. The van der Waals surface area contributed by atoms with Crippen molar-refractivity contribution in [2.24, 2.45) is 5.92 Å². The van der Waals surface area contributed by atoms with Crippen LogP contribution in [0.15, 0.2) is 48.5 Å². The zero-order valence-corrected chi connectivity index (χ0v) is 23.3. The molecule has 0 bridgehead atoms. The Morgan fingerprint density at radius 3 is 2.05 bits per heavy atom. The molecule has 41 heavy (non-hydrogen) atoms. The molecule has 2 fully saturated rings. The Morgan fingerprint density at radius 1 is 0.902 bits per heavy atom. The maximum absolute atomic E-state index is 13.8. The Morgan fingerprint density at radius 2 is 1.46 bits per heavy atom. The summed E-state index contributed by atoms with van der Waals surface area (Å²) in [6.07, 6.45) is 1.25. The van der Waals surface area contributed by atoms with Crippen LogP contribution in [0.25, 0.3) is 11.1 Å². The summed E-state index contributed by atoms with van der Waals surface area (Å²) in [6, 6.07) is 13.2. The number of nitrogens with one attached hydrogen (secondary N) is 3. The van der Waals surface area contributed by atoms with Crippen molar-refractivity contribution in [3.63, 3.8) is 0 Å². The van der Waals surface area contributed by atoms with Gasteiger partial charge in [0.2, 0.25) is 0 Å². The third-order valence-electron chi connectivity index (χ3n) is 8.09. The third kappa shape index (κ3) is 5.77. The maximum atomic E-state index is 13.8. The minimum Gasteiger partial charge on any atom is -0.480 e. The number of alkyl carbamates (subject to hydrolysis) is 1. The predicted octanol–water partition coefficient (Wildman–Crippen LogP) is 2.63. The van der Waals surface area contributed by atoms with E-state index in [1.165, 1.54) is 5.01 Å².